The third kappa shape index (κ3) is 1.79. The van der Waals surface area contributed by atoms with Gasteiger partial charge in [0, 0.05) is 12.5 Å². The summed E-state index contributed by atoms with van der Waals surface area (Å²) in [5, 5.41) is 3.51. The highest BCUT2D eigenvalue weighted by Crippen LogP contribution is 2.52. The summed E-state index contributed by atoms with van der Waals surface area (Å²) < 4.78 is 11.1. The van der Waals surface area contributed by atoms with Crippen LogP contribution in [0.3, 0.4) is 0 Å². The Labute approximate surface area is 107 Å². The van der Waals surface area contributed by atoms with Gasteiger partial charge in [0.05, 0.1) is 24.2 Å². The predicted molar refractivity (Wildman–Crippen MR) is 66.2 cm³/mol. The number of esters is 1. The lowest BCUT2D eigenvalue weighted by molar-refractivity contribution is -0.148. The van der Waals surface area contributed by atoms with Gasteiger partial charge in [-0.05, 0) is 31.6 Å². The number of carbonyl (C=O) groups excluding carboxylic acids is 1. The van der Waals surface area contributed by atoms with E-state index in [2.05, 4.69) is 17.9 Å². The van der Waals surface area contributed by atoms with Gasteiger partial charge in [0.25, 0.3) is 0 Å². The topological polar surface area (TPSA) is 47.6 Å². The molecule has 0 saturated carbocycles. The Morgan fingerprint density at radius 2 is 2.41 bits per heavy atom. The van der Waals surface area contributed by atoms with E-state index in [-0.39, 0.29) is 23.6 Å². The van der Waals surface area contributed by atoms with Crippen molar-refractivity contribution in [3.05, 3.63) is 0 Å². The fraction of sp³-hybridized carbons (Fsp3) is 0.917. The molecule has 4 atom stereocenters. The van der Waals surface area contributed by atoms with Crippen LogP contribution in [0.15, 0.2) is 0 Å². The molecule has 2 bridgehead atoms. The Morgan fingerprint density at radius 1 is 1.53 bits per heavy atom. The molecule has 3 aliphatic heterocycles. The lowest BCUT2D eigenvalue weighted by atomic mass is 9.71. The first-order chi connectivity index (χ1) is 8.26. The standard InChI is InChI=1S/C12H19NO3S/c14-11-12(2-4-15-11)7-9-8(6-10(12)16-9)13-3-1-5-17/h8-10,13,17H,1-7H2. The molecule has 0 aromatic rings. The average molecular weight is 257 g/mol. The molecule has 1 N–H and O–H groups in total. The lowest BCUT2D eigenvalue weighted by Crippen LogP contribution is -2.46. The Hall–Kier alpha value is -0.260. The summed E-state index contributed by atoms with van der Waals surface area (Å²) in [4.78, 5) is 11.8. The third-order valence-electron chi connectivity index (χ3n) is 4.37. The highest BCUT2D eigenvalue weighted by Gasteiger charge is 2.62. The summed E-state index contributed by atoms with van der Waals surface area (Å²) in [5.74, 6) is 0.879. The van der Waals surface area contributed by atoms with Gasteiger partial charge in [0.2, 0.25) is 0 Å². The summed E-state index contributed by atoms with van der Waals surface area (Å²) >= 11 is 4.20. The van der Waals surface area contributed by atoms with Gasteiger partial charge in [-0.3, -0.25) is 4.79 Å². The first kappa shape index (κ1) is 11.8. The van der Waals surface area contributed by atoms with E-state index in [1.165, 1.54) is 0 Å². The number of fused-ring (bicyclic) bond motifs is 3. The number of hydrogen-bond donors (Lipinski definition) is 2. The number of rotatable bonds is 4. The van der Waals surface area contributed by atoms with E-state index in [0.717, 1.165) is 38.0 Å². The number of thiol groups is 1. The zero-order valence-corrected chi connectivity index (χ0v) is 10.7. The van der Waals surface area contributed by atoms with Crippen molar-refractivity contribution in [2.75, 3.05) is 18.9 Å². The minimum atomic E-state index is -0.299. The second-order valence-electron chi connectivity index (χ2n) is 5.28. The summed E-state index contributed by atoms with van der Waals surface area (Å²) in [6, 6.07) is 0.416. The summed E-state index contributed by atoms with van der Waals surface area (Å²) in [7, 11) is 0. The van der Waals surface area contributed by atoms with E-state index in [9.17, 15) is 4.79 Å². The summed E-state index contributed by atoms with van der Waals surface area (Å²) in [5.41, 5.74) is -0.299. The van der Waals surface area contributed by atoms with E-state index < -0.39 is 0 Å². The average Bonchev–Trinajstić information content (AvgIpc) is 2.96. The van der Waals surface area contributed by atoms with E-state index in [0.29, 0.717) is 12.6 Å². The molecule has 0 radical (unpaired) electrons. The summed E-state index contributed by atoms with van der Waals surface area (Å²) in [6.45, 7) is 1.56. The molecule has 96 valence electrons. The van der Waals surface area contributed by atoms with Gasteiger partial charge < -0.3 is 14.8 Å². The SMILES string of the molecule is O=C1OCCC12CC1OC2CC1NCCCS. The highest BCUT2D eigenvalue weighted by atomic mass is 32.1. The maximum absolute atomic E-state index is 11.8. The molecule has 3 rings (SSSR count). The van der Waals surface area contributed by atoms with Crippen molar-refractivity contribution in [1.82, 2.24) is 5.32 Å². The van der Waals surface area contributed by atoms with Gasteiger partial charge >= 0.3 is 5.97 Å². The highest BCUT2D eigenvalue weighted by molar-refractivity contribution is 7.80. The second kappa shape index (κ2) is 4.44. The van der Waals surface area contributed by atoms with E-state index in [4.69, 9.17) is 9.47 Å². The van der Waals surface area contributed by atoms with Crippen molar-refractivity contribution in [1.29, 1.82) is 0 Å². The molecule has 1 spiro atoms. The minimum Gasteiger partial charge on any atom is -0.465 e. The van der Waals surface area contributed by atoms with Crippen LogP contribution in [-0.2, 0) is 14.3 Å². The van der Waals surface area contributed by atoms with Gasteiger partial charge in [-0.25, -0.2) is 0 Å². The maximum Gasteiger partial charge on any atom is 0.314 e. The molecule has 3 aliphatic rings. The monoisotopic (exact) mass is 257 g/mol. The fourth-order valence-electron chi connectivity index (χ4n) is 3.41. The van der Waals surface area contributed by atoms with Crippen LogP contribution < -0.4 is 5.32 Å². The lowest BCUT2D eigenvalue weighted by Gasteiger charge is -2.30. The molecule has 3 fully saturated rings. The minimum absolute atomic E-state index is 0.0289. The predicted octanol–water partition coefficient (Wildman–Crippen LogP) is 0.759. The quantitative estimate of drug-likeness (QED) is 0.443. The van der Waals surface area contributed by atoms with Gasteiger partial charge in [-0.2, -0.15) is 12.6 Å². The van der Waals surface area contributed by atoms with Crippen LogP contribution in [0, 0.1) is 5.41 Å². The van der Waals surface area contributed by atoms with Crippen LogP contribution in [-0.4, -0.2) is 43.1 Å². The first-order valence-corrected chi connectivity index (χ1v) is 7.06. The zero-order valence-electron chi connectivity index (χ0n) is 9.85. The van der Waals surface area contributed by atoms with Crippen molar-refractivity contribution in [3.8, 4) is 0 Å². The van der Waals surface area contributed by atoms with Crippen molar-refractivity contribution >= 4 is 18.6 Å². The number of hydrogen-bond acceptors (Lipinski definition) is 5. The fourth-order valence-corrected chi connectivity index (χ4v) is 3.57. The Balaban J connectivity index is 1.60. The van der Waals surface area contributed by atoms with Crippen molar-refractivity contribution < 1.29 is 14.3 Å². The number of carbonyl (C=O) groups is 1. The van der Waals surface area contributed by atoms with Crippen molar-refractivity contribution in [2.24, 2.45) is 5.41 Å². The Morgan fingerprint density at radius 3 is 3.00 bits per heavy atom. The molecule has 3 saturated heterocycles. The van der Waals surface area contributed by atoms with Gasteiger partial charge in [0.1, 0.15) is 0 Å². The first-order valence-electron chi connectivity index (χ1n) is 6.43. The van der Waals surface area contributed by atoms with Crippen molar-refractivity contribution in [3.63, 3.8) is 0 Å². The molecule has 5 heteroatoms. The number of ether oxygens (including phenoxy) is 2. The van der Waals surface area contributed by atoms with Gasteiger partial charge in [0.15, 0.2) is 0 Å². The van der Waals surface area contributed by atoms with E-state index >= 15 is 0 Å². The van der Waals surface area contributed by atoms with Crippen molar-refractivity contribution in [2.45, 2.75) is 43.9 Å². The van der Waals surface area contributed by atoms with Crippen LogP contribution >= 0.6 is 12.6 Å². The largest absolute Gasteiger partial charge is 0.465 e. The van der Waals surface area contributed by atoms with E-state index in [1.54, 1.807) is 0 Å². The normalized spacial score (nSPS) is 43.6. The smallest absolute Gasteiger partial charge is 0.314 e. The number of nitrogens with one attached hydrogen (secondary N) is 1. The summed E-state index contributed by atoms with van der Waals surface area (Å²) in [6.07, 6.45) is 3.99. The Kier molecular flexibility index (Phi) is 3.09. The molecule has 0 aromatic carbocycles. The van der Waals surface area contributed by atoms with Crippen LogP contribution in [0.2, 0.25) is 0 Å². The maximum atomic E-state index is 11.8. The molecule has 0 aliphatic carbocycles. The van der Waals surface area contributed by atoms with Crippen LogP contribution in [0.5, 0.6) is 0 Å². The molecule has 0 aromatic heterocycles. The number of cyclic esters (lactones) is 1. The van der Waals surface area contributed by atoms with E-state index in [1.807, 2.05) is 0 Å². The van der Waals surface area contributed by atoms with Crippen LogP contribution in [0.1, 0.15) is 25.7 Å². The van der Waals surface area contributed by atoms with Crippen LogP contribution in [0.25, 0.3) is 0 Å². The van der Waals surface area contributed by atoms with Crippen LogP contribution in [0.4, 0.5) is 0 Å². The molecule has 0 amide bonds. The molecule has 4 unspecified atom stereocenters. The molecule has 17 heavy (non-hydrogen) atoms. The Bertz CT molecular complexity index is 325. The molecule has 4 nitrogen and oxygen atoms in total. The van der Waals surface area contributed by atoms with Gasteiger partial charge in [-0.1, -0.05) is 0 Å². The third-order valence-corrected chi connectivity index (χ3v) is 4.68. The molecular weight excluding hydrogens is 238 g/mol. The second-order valence-corrected chi connectivity index (χ2v) is 5.73. The molecule has 3 heterocycles. The zero-order chi connectivity index (χ0) is 11.9. The molecular formula is C12H19NO3S. The van der Waals surface area contributed by atoms with Gasteiger partial charge in [-0.15, -0.1) is 0 Å².